The van der Waals surface area contributed by atoms with E-state index in [4.69, 9.17) is 9.47 Å². The Morgan fingerprint density at radius 2 is 1.73 bits per heavy atom. The number of carbonyl (C=O) groups excluding carboxylic acids is 2. The van der Waals surface area contributed by atoms with Gasteiger partial charge in [0.1, 0.15) is 11.6 Å². The van der Waals surface area contributed by atoms with E-state index in [2.05, 4.69) is 0 Å². The van der Waals surface area contributed by atoms with Crippen molar-refractivity contribution in [1.29, 1.82) is 0 Å². The normalized spacial score (nSPS) is 10.1. The van der Waals surface area contributed by atoms with Gasteiger partial charge < -0.3 is 9.47 Å². The molecule has 0 bridgehead atoms. The Bertz CT molecular complexity index is 698. The van der Waals surface area contributed by atoms with Gasteiger partial charge in [-0.15, -0.1) is 0 Å². The summed E-state index contributed by atoms with van der Waals surface area (Å²) in [6.07, 6.45) is 0. The van der Waals surface area contributed by atoms with E-state index in [-0.39, 0.29) is 0 Å². The molecule has 2 aromatic rings. The fourth-order valence-electron chi connectivity index (χ4n) is 1.73. The van der Waals surface area contributed by atoms with Crippen LogP contribution in [0.5, 0.6) is 5.75 Å². The molecule has 22 heavy (non-hydrogen) atoms. The molecule has 114 valence electrons. The number of ether oxygens (including phenoxy) is 2. The first-order valence-electron chi connectivity index (χ1n) is 6.30. The lowest BCUT2D eigenvalue weighted by Crippen LogP contribution is -2.14. The van der Waals surface area contributed by atoms with Crippen molar-refractivity contribution in [1.82, 2.24) is 0 Å². The lowest BCUT2D eigenvalue weighted by Gasteiger charge is -2.07. The first-order valence-corrected chi connectivity index (χ1v) is 7.38. The SMILES string of the molecule is COc1ccc(C(=O)OCC(=O)c2ccc(F)cc2)cc1I. The number of halogens is 2. The fraction of sp³-hybridized carbons (Fsp3) is 0.125. The van der Waals surface area contributed by atoms with Crippen molar-refractivity contribution in [3.05, 3.63) is 63.0 Å². The van der Waals surface area contributed by atoms with Crippen LogP contribution in [-0.2, 0) is 4.74 Å². The maximum atomic E-state index is 12.8. The Balaban J connectivity index is 1.99. The zero-order valence-corrected chi connectivity index (χ0v) is 13.8. The van der Waals surface area contributed by atoms with Crippen molar-refractivity contribution in [3.63, 3.8) is 0 Å². The average Bonchev–Trinajstić information content (AvgIpc) is 2.52. The monoisotopic (exact) mass is 414 g/mol. The first-order chi connectivity index (χ1) is 10.5. The molecule has 0 radical (unpaired) electrons. The van der Waals surface area contributed by atoms with Gasteiger partial charge in [-0.2, -0.15) is 0 Å². The summed E-state index contributed by atoms with van der Waals surface area (Å²) in [6.45, 7) is -0.396. The Labute approximate surface area is 140 Å². The van der Waals surface area contributed by atoms with Crippen LogP contribution in [-0.4, -0.2) is 25.5 Å². The van der Waals surface area contributed by atoms with E-state index in [9.17, 15) is 14.0 Å². The number of ketones is 1. The fourth-order valence-corrected chi connectivity index (χ4v) is 2.46. The standard InChI is InChI=1S/C16H12FIO4/c1-21-15-7-4-11(8-13(15)18)16(20)22-9-14(19)10-2-5-12(17)6-3-10/h2-8H,9H2,1H3. The van der Waals surface area contributed by atoms with Gasteiger partial charge in [0.25, 0.3) is 0 Å². The van der Waals surface area contributed by atoms with Crippen molar-refractivity contribution in [2.24, 2.45) is 0 Å². The third-order valence-electron chi connectivity index (χ3n) is 2.89. The van der Waals surface area contributed by atoms with E-state index in [0.717, 1.165) is 3.57 Å². The minimum Gasteiger partial charge on any atom is -0.496 e. The number of Topliss-reactive ketones (excluding diaryl/α,β-unsaturated/α-hetero) is 1. The lowest BCUT2D eigenvalue weighted by atomic mass is 10.1. The van der Waals surface area contributed by atoms with Gasteiger partial charge in [-0.1, -0.05) is 0 Å². The van der Waals surface area contributed by atoms with Crippen molar-refractivity contribution in [2.45, 2.75) is 0 Å². The van der Waals surface area contributed by atoms with Crippen LogP contribution < -0.4 is 4.74 Å². The molecular weight excluding hydrogens is 402 g/mol. The Morgan fingerprint density at radius 1 is 1.09 bits per heavy atom. The lowest BCUT2D eigenvalue weighted by molar-refractivity contribution is 0.0474. The predicted molar refractivity (Wildman–Crippen MR) is 86.7 cm³/mol. The molecule has 0 unspecified atom stereocenters. The van der Waals surface area contributed by atoms with Gasteiger partial charge in [0.2, 0.25) is 0 Å². The van der Waals surface area contributed by atoms with Gasteiger partial charge in [-0.05, 0) is 65.1 Å². The molecule has 0 heterocycles. The van der Waals surface area contributed by atoms with Crippen LogP contribution in [0.25, 0.3) is 0 Å². The molecule has 0 aliphatic carbocycles. The second kappa shape index (κ2) is 7.35. The number of hydrogen-bond donors (Lipinski definition) is 0. The predicted octanol–water partition coefficient (Wildman–Crippen LogP) is 3.48. The molecule has 0 N–H and O–H groups in total. The Kier molecular flexibility index (Phi) is 5.48. The van der Waals surface area contributed by atoms with E-state index < -0.39 is 24.2 Å². The summed E-state index contributed by atoms with van der Waals surface area (Å²) in [5, 5.41) is 0. The molecule has 0 aliphatic heterocycles. The molecule has 0 aliphatic rings. The van der Waals surface area contributed by atoms with Crippen LogP contribution in [0.1, 0.15) is 20.7 Å². The summed E-state index contributed by atoms with van der Waals surface area (Å²) in [5.74, 6) is -0.770. The Morgan fingerprint density at radius 3 is 2.32 bits per heavy atom. The second-order valence-corrected chi connectivity index (χ2v) is 5.52. The zero-order valence-electron chi connectivity index (χ0n) is 11.6. The molecule has 0 saturated carbocycles. The van der Waals surface area contributed by atoms with Gasteiger partial charge in [-0.3, -0.25) is 4.79 Å². The number of methoxy groups -OCH3 is 1. The number of hydrogen-bond acceptors (Lipinski definition) is 4. The summed E-state index contributed by atoms with van der Waals surface area (Å²) < 4.78 is 23.6. The van der Waals surface area contributed by atoms with Crippen LogP contribution in [0.2, 0.25) is 0 Å². The van der Waals surface area contributed by atoms with E-state index >= 15 is 0 Å². The highest BCUT2D eigenvalue weighted by Gasteiger charge is 2.13. The van der Waals surface area contributed by atoms with Gasteiger partial charge in [0.05, 0.1) is 16.2 Å². The quantitative estimate of drug-likeness (QED) is 0.427. The van der Waals surface area contributed by atoms with Crippen LogP contribution in [0.15, 0.2) is 42.5 Å². The Hall–Kier alpha value is -1.96. The largest absolute Gasteiger partial charge is 0.496 e. The topological polar surface area (TPSA) is 52.6 Å². The van der Waals surface area contributed by atoms with E-state index in [1.807, 2.05) is 22.6 Å². The molecule has 0 atom stereocenters. The molecule has 4 nitrogen and oxygen atoms in total. The smallest absolute Gasteiger partial charge is 0.338 e. The summed E-state index contributed by atoms with van der Waals surface area (Å²) in [6, 6.07) is 9.89. The molecule has 2 rings (SSSR count). The number of benzene rings is 2. The summed E-state index contributed by atoms with van der Waals surface area (Å²) in [7, 11) is 1.54. The molecule has 0 spiro atoms. The van der Waals surface area contributed by atoms with Crippen LogP contribution >= 0.6 is 22.6 Å². The van der Waals surface area contributed by atoms with E-state index in [1.165, 1.54) is 31.4 Å². The maximum Gasteiger partial charge on any atom is 0.338 e. The molecule has 0 fully saturated rings. The number of rotatable bonds is 5. The van der Waals surface area contributed by atoms with Gasteiger partial charge in [-0.25, -0.2) is 9.18 Å². The molecule has 0 aromatic heterocycles. The highest BCUT2D eigenvalue weighted by atomic mass is 127. The van der Waals surface area contributed by atoms with Gasteiger partial charge in [0, 0.05) is 5.56 Å². The van der Waals surface area contributed by atoms with Crippen molar-refractivity contribution in [3.8, 4) is 5.75 Å². The number of carbonyl (C=O) groups is 2. The highest BCUT2D eigenvalue weighted by Crippen LogP contribution is 2.22. The average molecular weight is 414 g/mol. The van der Waals surface area contributed by atoms with Crippen LogP contribution in [0, 0.1) is 9.39 Å². The first kappa shape index (κ1) is 16.4. The maximum absolute atomic E-state index is 12.8. The molecular formula is C16H12FIO4. The molecule has 2 aromatic carbocycles. The van der Waals surface area contributed by atoms with Crippen LogP contribution in [0.3, 0.4) is 0 Å². The summed E-state index contributed by atoms with van der Waals surface area (Å²) in [4.78, 5) is 23.7. The molecule has 6 heteroatoms. The van der Waals surface area contributed by atoms with Gasteiger partial charge >= 0.3 is 5.97 Å². The van der Waals surface area contributed by atoms with Crippen molar-refractivity contribution < 1.29 is 23.5 Å². The summed E-state index contributed by atoms with van der Waals surface area (Å²) in [5.41, 5.74) is 0.621. The summed E-state index contributed by atoms with van der Waals surface area (Å²) >= 11 is 2.04. The van der Waals surface area contributed by atoms with Crippen molar-refractivity contribution in [2.75, 3.05) is 13.7 Å². The zero-order chi connectivity index (χ0) is 16.1. The number of esters is 1. The third kappa shape index (κ3) is 4.03. The van der Waals surface area contributed by atoms with E-state index in [0.29, 0.717) is 16.9 Å². The third-order valence-corrected chi connectivity index (χ3v) is 3.73. The minimum atomic E-state index is -0.601. The second-order valence-electron chi connectivity index (χ2n) is 4.36. The minimum absolute atomic E-state index is 0.290. The van der Waals surface area contributed by atoms with Crippen LogP contribution in [0.4, 0.5) is 4.39 Å². The molecule has 0 saturated heterocycles. The van der Waals surface area contributed by atoms with Crippen molar-refractivity contribution >= 4 is 34.3 Å². The van der Waals surface area contributed by atoms with Gasteiger partial charge in [0.15, 0.2) is 12.4 Å². The van der Waals surface area contributed by atoms with E-state index in [1.54, 1.807) is 18.2 Å². The molecule has 0 amide bonds. The highest BCUT2D eigenvalue weighted by molar-refractivity contribution is 14.1.